The van der Waals surface area contributed by atoms with Gasteiger partial charge in [0.2, 0.25) is 0 Å². The van der Waals surface area contributed by atoms with E-state index in [1.807, 2.05) is 24.4 Å². The molecule has 0 saturated heterocycles. The van der Waals surface area contributed by atoms with Crippen LogP contribution in [0.5, 0.6) is 0 Å². The average molecular weight is 302 g/mol. The normalized spacial score (nSPS) is 10.7. The van der Waals surface area contributed by atoms with Gasteiger partial charge in [0, 0.05) is 34.5 Å². The van der Waals surface area contributed by atoms with Crippen LogP contribution in [-0.2, 0) is 6.54 Å². The van der Waals surface area contributed by atoms with Gasteiger partial charge >= 0.3 is 0 Å². The molecule has 1 aromatic carbocycles. The first kappa shape index (κ1) is 11.3. The van der Waals surface area contributed by atoms with Crippen molar-refractivity contribution in [3.05, 3.63) is 58.8 Å². The first-order valence-corrected chi connectivity index (χ1v) is 6.52. The van der Waals surface area contributed by atoms with Crippen LogP contribution >= 0.6 is 15.9 Å². The van der Waals surface area contributed by atoms with Crippen LogP contribution in [0.2, 0.25) is 0 Å². The highest BCUT2D eigenvalue weighted by atomic mass is 79.9. The Morgan fingerprint density at radius 3 is 3.06 bits per heavy atom. The minimum atomic E-state index is 0.780. The van der Waals surface area contributed by atoms with Gasteiger partial charge in [-0.2, -0.15) is 0 Å². The van der Waals surface area contributed by atoms with Gasteiger partial charge in [0.25, 0.3) is 0 Å². The lowest BCUT2D eigenvalue weighted by atomic mass is 10.2. The van der Waals surface area contributed by atoms with Crippen LogP contribution in [0.4, 0.5) is 5.69 Å². The second-order valence-electron chi connectivity index (χ2n) is 4.08. The van der Waals surface area contributed by atoms with Gasteiger partial charge < -0.3 is 10.3 Å². The summed E-state index contributed by atoms with van der Waals surface area (Å²) in [7, 11) is 0. The third kappa shape index (κ3) is 2.24. The van der Waals surface area contributed by atoms with E-state index in [1.54, 1.807) is 6.20 Å². The maximum Gasteiger partial charge on any atom is 0.137 e. The lowest BCUT2D eigenvalue weighted by Crippen LogP contribution is -1.98. The summed E-state index contributed by atoms with van der Waals surface area (Å²) in [5.74, 6) is 0. The van der Waals surface area contributed by atoms with Crippen molar-refractivity contribution >= 4 is 32.7 Å². The minimum absolute atomic E-state index is 0.780. The average Bonchev–Trinajstić information content (AvgIpc) is 2.80. The van der Waals surface area contributed by atoms with Crippen molar-refractivity contribution < 1.29 is 0 Å². The molecule has 0 aliphatic rings. The molecule has 3 aromatic rings. The number of pyridine rings is 1. The third-order valence-electron chi connectivity index (χ3n) is 2.84. The molecule has 0 aliphatic carbocycles. The topological polar surface area (TPSA) is 40.7 Å². The van der Waals surface area contributed by atoms with Crippen molar-refractivity contribution in [2.75, 3.05) is 5.32 Å². The molecule has 90 valence electrons. The van der Waals surface area contributed by atoms with Crippen LogP contribution in [0.15, 0.2) is 53.3 Å². The number of fused-ring (bicyclic) bond motifs is 1. The van der Waals surface area contributed by atoms with Gasteiger partial charge in [-0.05, 0) is 35.9 Å². The van der Waals surface area contributed by atoms with E-state index in [0.717, 1.165) is 22.4 Å². The number of nitrogens with one attached hydrogen (secondary N) is 2. The molecule has 0 fully saturated rings. The van der Waals surface area contributed by atoms with E-state index in [1.165, 1.54) is 10.9 Å². The molecule has 0 aliphatic heterocycles. The van der Waals surface area contributed by atoms with E-state index >= 15 is 0 Å². The number of benzene rings is 1. The van der Waals surface area contributed by atoms with E-state index in [9.17, 15) is 0 Å². The zero-order valence-electron chi connectivity index (χ0n) is 9.65. The van der Waals surface area contributed by atoms with Gasteiger partial charge in [-0.25, -0.2) is 4.98 Å². The fourth-order valence-electron chi connectivity index (χ4n) is 1.95. The standard InChI is InChI=1S/C14H12BrN3/c15-11-3-1-4-12(7-11)17-8-10-9-18-14-13(10)5-2-6-16-14/h1-7,9,17H,8H2,(H,16,18). The maximum atomic E-state index is 4.28. The second-order valence-corrected chi connectivity index (χ2v) is 4.99. The molecule has 2 N–H and O–H groups in total. The molecule has 0 radical (unpaired) electrons. The van der Waals surface area contributed by atoms with Crippen molar-refractivity contribution in [3.63, 3.8) is 0 Å². The molecule has 0 amide bonds. The fraction of sp³-hybridized carbons (Fsp3) is 0.0714. The van der Waals surface area contributed by atoms with Gasteiger partial charge in [-0.3, -0.25) is 0 Å². The van der Waals surface area contributed by atoms with Crippen molar-refractivity contribution in [2.45, 2.75) is 6.54 Å². The molecule has 0 saturated carbocycles. The predicted molar refractivity (Wildman–Crippen MR) is 77.6 cm³/mol. The maximum absolute atomic E-state index is 4.28. The number of H-pyrrole nitrogens is 1. The Balaban J connectivity index is 1.81. The van der Waals surface area contributed by atoms with Crippen LogP contribution in [0.3, 0.4) is 0 Å². The summed E-state index contributed by atoms with van der Waals surface area (Å²) in [6.45, 7) is 0.780. The number of aromatic nitrogens is 2. The van der Waals surface area contributed by atoms with Gasteiger partial charge in [-0.15, -0.1) is 0 Å². The first-order valence-electron chi connectivity index (χ1n) is 5.73. The lowest BCUT2D eigenvalue weighted by Gasteiger charge is -2.05. The summed E-state index contributed by atoms with van der Waals surface area (Å²) in [4.78, 5) is 7.46. The number of hydrogen-bond acceptors (Lipinski definition) is 2. The summed E-state index contributed by atoms with van der Waals surface area (Å²) >= 11 is 3.46. The number of hydrogen-bond donors (Lipinski definition) is 2. The number of aromatic amines is 1. The van der Waals surface area contributed by atoms with Crippen molar-refractivity contribution in [1.82, 2.24) is 9.97 Å². The van der Waals surface area contributed by atoms with E-state index < -0.39 is 0 Å². The molecule has 3 rings (SSSR count). The second kappa shape index (κ2) is 4.82. The quantitative estimate of drug-likeness (QED) is 0.769. The monoisotopic (exact) mass is 301 g/mol. The molecular formula is C14H12BrN3. The van der Waals surface area contributed by atoms with E-state index in [4.69, 9.17) is 0 Å². The first-order chi connectivity index (χ1) is 8.83. The Kier molecular flexibility index (Phi) is 3.02. The summed E-state index contributed by atoms with van der Waals surface area (Å²) in [6.07, 6.45) is 3.80. The lowest BCUT2D eigenvalue weighted by molar-refractivity contribution is 1.16. The zero-order chi connectivity index (χ0) is 12.4. The number of nitrogens with zero attached hydrogens (tertiary/aromatic N) is 1. The highest BCUT2D eigenvalue weighted by Crippen LogP contribution is 2.19. The van der Waals surface area contributed by atoms with E-state index in [-0.39, 0.29) is 0 Å². The Hall–Kier alpha value is -1.81. The molecular weight excluding hydrogens is 290 g/mol. The fourth-order valence-corrected chi connectivity index (χ4v) is 2.35. The largest absolute Gasteiger partial charge is 0.381 e. The van der Waals surface area contributed by atoms with Crippen LogP contribution in [0.25, 0.3) is 11.0 Å². The van der Waals surface area contributed by atoms with Crippen LogP contribution in [-0.4, -0.2) is 9.97 Å². The molecule has 18 heavy (non-hydrogen) atoms. The molecule has 4 heteroatoms. The van der Waals surface area contributed by atoms with E-state index in [2.05, 4.69) is 49.4 Å². The Morgan fingerprint density at radius 1 is 1.22 bits per heavy atom. The van der Waals surface area contributed by atoms with Gasteiger partial charge in [0.1, 0.15) is 5.65 Å². The SMILES string of the molecule is Brc1cccc(NCc2c[nH]c3ncccc23)c1. The molecule has 2 aromatic heterocycles. The Bertz CT molecular complexity index is 675. The van der Waals surface area contributed by atoms with Crippen LogP contribution < -0.4 is 5.32 Å². The Labute approximate surface area is 113 Å². The highest BCUT2D eigenvalue weighted by Gasteiger charge is 2.03. The number of anilines is 1. The Morgan fingerprint density at radius 2 is 2.17 bits per heavy atom. The number of halogens is 1. The van der Waals surface area contributed by atoms with Gasteiger partial charge in [-0.1, -0.05) is 22.0 Å². The van der Waals surface area contributed by atoms with Crippen molar-refractivity contribution in [1.29, 1.82) is 0 Å². The minimum Gasteiger partial charge on any atom is -0.381 e. The smallest absolute Gasteiger partial charge is 0.137 e. The molecule has 2 heterocycles. The van der Waals surface area contributed by atoms with Gasteiger partial charge in [0.15, 0.2) is 0 Å². The van der Waals surface area contributed by atoms with Crippen LogP contribution in [0, 0.1) is 0 Å². The highest BCUT2D eigenvalue weighted by molar-refractivity contribution is 9.10. The number of rotatable bonds is 3. The molecule has 0 spiro atoms. The van der Waals surface area contributed by atoms with Crippen molar-refractivity contribution in [3.8, 4) is 0 Å². The molecule has 0 atom stereocenters. The molecule has 0 unspecified atom stereocenters. The van der Waals surface area contributed by atoms with E-state index in [0.29, 0.717) is 0 Å². The summed E-state index contributed by atoms with van der Waals surface area (Å²) in [6, 6.07) is 12.2. The molecule has 0 bridgehead atoms. The van der Waals surface area contributed by atoms with Crippen molar-refractivity contribution in [2.24, 2.45) is 0 Å². The summed E-state index contributed by atoms with van der Waals surface area (Å²) in [5, 5.41) is 4.57. The predicted octanol–water partition coefficient (Wildman–Crippen LogP) is 3.94. The molecule has 3 nitrogen and oxygen atoms in total. The van der Waals surface area contributed by atoms with Crippen LogP contribution in [0.1, 0.15) is 5.56 Å². The summed E-state index contributed by atoms with van der Waals surface area (Å²) in [5.41, 5.74) is 3.25. The zero-order valence-corrected chi connectivity index (χ0v) is 11.2. The third-order valence-corrected chi connectivity index (χ3v) is 3.34. The van der Waals surface area contributed by atoms with Gasteiger partial charge in [0.05, 0.1) is 0 Å². The summed E-state index contributed by atoms with van der Waals surface area (Å²) < 4.78 is 1.08.